The number of nitrogens with zero attached hydrogens (tertiary/aromatic N) is 2. The average molecular weight is 453 g/mol. The minimum atomic E-state index is -1.02. The molecule has 0 bridgehead atoms. The van der Waals surface area contributed by atoms with Crippen molar-refractivity contribution in [2.75, 3.05) is 19.7 Å². The van der Waals surface area contributed by atoms with Crippen LogP contribution in [0.4, 0.5) is 0 Å². The zero-order valence-electron chi connectivity index (χ0n) is 16.4. The van der Waals surface area contributed by atoms with Crippen LogP contribution in [-0.4, -0.2) is 41.3 Å². The summed E-state index contributed by atoms with van der Waals surface area (Å²) < 4.78 is 5.72. The fraction of sp³-hybridized carbons (Fsp3) is 0.167. The number of amides is 2. The number of carbonyl (C=O) groups excluding carboxylic acids is 2. The molecular weight excluding hydrogens is 435 g/mol. The molecule has 156 valence electrons. The fourth-order valence-electron chi connectivity index (χ4n) is 4.56. The first-order valence-electron chi connectivity index (χ1n) is 9.88. The van der Waals surface area contributed by atoms with E-state index < -0.39 is 5.66 Å². The van der Waals surface area contributed by atoms with Crippen LogP contribution in [0.25, 0.3) is 0 Å². The van der Waals surface area contributed by atoms with Crippen molar-refractivity contribution in [2.24, 2.45) is 0 Å². The number of fused-ring (bicyclic) bond motifs is 3. The Balaban J connectivity index is 1.56. The molecule has 1 atom stereocenters. The standard InChI is InChI=1S/C24H18Cl2N2O3/c25-17-10-8-16(9-11-17)24-21-7-2-1-6-20(21)23(30)28(24)13-12-27(24)22(29)15-31-19-5-3-4-18(26)14-19/h1-11,14H,12-13,15H2. The van der Waals surface area contributed by atoms with Crippen LogP contribution in [0.2, 0.25) is 10.0 Å². The first-order valence-corrected chi connectivity index (χ1v) is 10.6. The van der Waals surface area contributed by atoms with Crippen molar-refractivity contribution in [1.29, 1.82) is 0 Å². The van der Waals surface area contributed by atoms with Crippen LogP contribution >= 0.6 is 23.2 Å². The van der Waals surface area contributed by atoms with Crippen molar-refractivity contribution in [1.82, 2.24) is 9.80 Å². The summed E-state index contributed by atoms with van der Waals surface area (Å²) >= 11 is 12.1. The van der Waals surface area contributed by atoms with Crippen LogP contribution in [0.5, 0.6) is 5.75 Å². The molecule has 1 unspecified atom stereocenters. The summed E-state index contributed by atoms with van der Waals surface area (Å²) in [5.41, 5.74) is 1.18. The maximum absolute atomic E-state index is 13.4. The lowest BCUT2D eigenvalue weighted by atomic mass is 9.90. The molecule has 31 heavy (non-hydrogen) atoms. The molecule has 0 N–H and O–H groups in total. The Morgan fingerprint density at radius 2 is 1.71 bits per heavy atom. The molecule has 0 spiro atoms. The van der Waals surface area contributed by atoms with Crippen molar-refractivity contribution < 1.29 is 14.3 Å². The van der Waals surface area contributed by atoms with E-state index in [1.165, 1.54) is 0 Å². The Morgan fingerprint density at radius 1 is 0.935 bits per heavy atom. The van der Waals surface area contributed by atoms with Gasteiger partial charge in [0.2, 0.25) is 0 Å². The molecule has 0 aromatic heterocycles. The second-order valence-electron chi connectivity index (χ2n) is 7.47. The topological polar surface area (TPSA) is 49.9 Å². The summed E-state index contributed by atoms with van der Waals surface area (Å²) in [7, 11) is 0. The molecule has 0 aliphatic carbocycles. The second kappa shape index (κ2) is 7.59. The van der Waals surface area contributed by atoms with Crippen LogP contribution < -0.4 is 4.74 Å². The first kappa shape index (κ1) is 19.9. The van der Waals surface area contributed by atoms with Crippen LogP contribution in [0.3, 0.4) is 0 Å². The van der Waals surface area contributed by atoms with E-state index in [0.29, 0.717) is 34.4 Å². The SMILES string of the molecule is O=C(COc1cccc(Cl)c1)N1CCN2C(=O)c3ccccc3C12c1ccc(Cl)cc1. The van der Waals surface area contributed by atoms with E-state index in [4.69, 9.17) is 27.9 Å². The zero-order chi connectivity index (χ0) is 21.6. The van der Waals surface area contributed by atoms with Gasteiger partial charge in [-0.05, 0) is 36.4 Å². The summed E-state index contributed by atoms with van der Waals surface area (Å²) in [4.78, 5) is 30.1. The molecule has 2 aliphatic rings. The molecule has 5 rings (SSSR count). The van der Waals surface area contributed by atoms with E-state index >= 15 is 0 Å². The largest absolute Gasteiger partial charge is 0.484 e. The molecule has 2 aliphatic heterocycles. The summed E-state index contributed by atoms with van der Waals surface area (Å²) in [6, 6.07) is 21.6. The van der Waals surface area contributed by atoms with Gasteiger partial charge in [-0.3, -0.25) is 9.59 Å². The number of hydrogen-bond acceptors (Lipinski definition) is 3. The third-order valence-electron chi connectivity index (χ3n) is 5.81. The highest BCUT2D eigenvalue weighted by Gasteiger charge is 2.59. The van der Waals surface area contributed by atoms with Crippen molar-refractivity contribution in [3.05, 3.63) is 99.5 Å². The van der Waals surface area contributed by atoms with Gasteiger partial charge in [0.1, 0.15) is 5.75 Å². The second-order valence-corrected chi connectivity index (χ2v) is 8.35. The number of benzene rings is 3. The molecule has 3 aromatic carbocycles. The predicted molar refractivity (Wildman–Crippen MR) is 118 cm³/mol. The van der Waals surface area contributed by atoms with Gasteiger partial charge in [0, 0.05) is 39.8 Å². The minimum absolute atomic E-state index is 0.0865. The number of rotatable bonds is 4. The normalized spacial score (nSPS) is 19.4. The van der Waals surface area contributed by atoms with Gasteiger partial charge >= 0.3 is 0 Å². The maximum atomic E-state index is 13.4. The van der Waals surface area contributed by atoms with Crippen LogP contribution in [0, 0.1) is 0 Å². The highest BCUT2D eigenvalue weighted by atomic mass is 35.5. The summed E-state index contributed by atoms with van der Waals surface area (Å²) in [6.07, 6.45) is 0. The van der Waals surface area contributed by atoms with Gasteiger partial charge in [0.25, 0.3) is 11.8 Å². The van der Waals surface area contributed by atoms with E-state index in [9.17, 15) is 9.59 Å². The average Bonchev–Trinajstić information content (AvgIpc) is 3.29. The fourth-order valence-corrected chi connectivity index (χ4v) is 4.87. The summed E-state index contributed by atoms with van der Waals surface area (Å²) in [6.45, 7) is 0.666. The van der Waals surface area contributed by atoms with Crippen LogP contribution in [0.15, 0.2) is 72.8 Å². The molecule has 1 fully saturated rings. The molecule has 7 heteroatoms. The Labute approximate surface area is 189 Å². The van der Waals surface area contributed by atoms with E-state index in [1.54, 1.807) is 52.3 Å². The first-order chi connectivity index (χ1) is 15.0. The molecule has 2 heterocycles. The Kier molecular flexibility index (Phi) is 4.88. The number of ether oxygens (including phenoxy) is 1. The Bertz CT molecular complexity index is 1180. The van der Waals surface area contributed by atoms with E-state index in [-0.39, 0.29) is 18.4 Å². The van der Waals surface area contributed by atoms with Crippen LogP contribution in [0.1, 0.15) is 21.5 Å². The van der Waals surface area contributed by atoms with Gasteiger partial charge in [0.05, 0.1) is 0 Å². The predicted octanol–water partition coefficient (Wildman–Crippen LogP) is 4.57. The highest BCUT2D eigenvalue weighted by molar-refractivity contribution is 6.30. The van der Waals surface area contributed by atoms with Gasteiger partial charge in [-0.15, -0.1) is 0 Å². The van der Waals surface area contributed by atoms with Gasteiger partial charge in [0.15, 0.2) is 12.3 Å². The Hall–Kier alpha value is -3.02. The minimum Gasteiger partial charge on any atom is -0.484 e. The molecule has 1 saturated heterocycles. The number of hydrogen-bond donors (Lipinski definition) is 0. The van der Waals surface area contributed by atoms with Crippen molar-refractivity contribution in [2.45, 2.75) is 5.66 Å². The van der Waals surface area contributed by atoms with Gasteiger partial charge < -0.3 is 14.5 Å². The smallest absolute Gasteiger partial charge is 0.262 e. The molecule has 0 saturated carbocycles. The van der Waals surface area contributed by atoms with Gasteiger partial charge in [-0.2, -0.15) is 0 Å². The monoisotopic (exact) mass is 452 g/mol. The van der Waals surface area contributed by atoms with E-state index in [2.05, 4.69) is 0 Å². The number of halogens is 2. The lowest BCUT2D eigenvalue weighted by Crippen LogP contribution is -2.52. The van der Waals surface area contributed by atoms with Crippen molar-refractivity contribution in [3.63, 3.8) is 0 Å². The maximum Gasteiger partial charge on any atom is 0.262 e. The van der Waals surface area contributed by atoms with E-state index in [0.717, 1.165) is 11.1 Å². The summed E-state index contributed by atoms with van der Waals surface area (Å²) in [5, 5.41) is 1.12. The van der Waals surface area contributed by atoms with Gasteiger partial charge in [-0.1, -0.05) is 59.6 Å². The third kappa shape index (κ3) is 3.08. The van der Waals surface area contributed by atoms with E-state index in [1.807, 2.05) is 30.3 Å². The molecule has 5 nitrogen and oxygen atoms in total. The third-order valence-corrected chi connectivity index (χ3v) is 6.30. The molecule has 3 aromatic rings. The zero-order valence-corrected chi connectivity index (χ0v) is 17.9. The van der Waals surface area contributed by atoms with Crippen molar-refractivity contribution >= 4 is 35.0 Å². The molecule has 2 amide bonds. The molecular formula is C24H18Cl2N2O3. The quantitative estimate of drug-likeness (QED) is 0.582. The highest BCUT2D eigenvalue weighted by Crippen LogP contribution is 2.49. The van der Waals surface area contributed by atoms with Crippen molar-refractivity contribution in [3.8, 4) is 5.75 Å². The number of carbonyl (C=O) groups is 2. The lowest BCUT2D eigenvalue weighted by molar-refractivity contribution is -0.138. The van der Waals surface area contributed by atoms with Crippen LogP contribution in [-0.2, 0) is 10.5 Å². The lowest BCUT2D eigenvalue weighted by Gasteiger charge is -2.40. The summed E-state index contributed by atoms with van der Waals surface area (Å²) in [5.74, 6) is 0.207. The molecule has 0 radical (unpaired) electrons. The Morgan fingerprint density at radius 3 is 2.48 bits per heavy atom. The van der Waals surface area contributed by atoms with Gasteiger partial charge in [-0.25, -0.2) is 0 Å².